The van der Waals surface area contributed by atoms with Gasteiger partial charge in [0.15, 0.2) is 5.78 Å². The number of carbonyl (C=O) groups excluding carboxylic acids is 2. The molecule has 37 heavy (non-hydrogen) atoms. The molecule has 4 aromatic rings. The third-order valence-electron chi connectivity index (χ3n) is 6.34. The van der Waals surface area contributed by atoms with Crippen molar-refractivity contribution in [3.05, 3.63) is 88.7 Å². The summed E-state index contributed by atoms with van der Waals surface area (Å²) < 4.78 is 7.69. The van der Waals surface area contributed by atoms with Crippen molar-refractivity contribution in [3.63, 3.8) is 0 Å². The number of Topliss-reactive ketones (excluding diaryl/α,β-unsaturated/α-hetero) is 1. The molecule has 0 saturated carbocycles. The molecule has 2 N–H and O–H groups in total. The summed E-state index contributed by atoms with van der Waals surface area (Å²) in [5, 5.41) is 0.408. The number of halogens is 1. The van der Waals surface area contributed by atoms with Crippen LogP contribution >= 0.6 is 11.6 Å². The number of aromatic nitrogens is 2. The molecule has 1 amide bonds. The minimum absolute atomic E-state index is 0.0135. The van der Waals surface area contributed by atoms with E-state index in [0.29, 0.717) is 35.6 Å². The second-order valence-electron chi connectivity index (χ2n) is 9.76. The van der Waals surface area contributed by atoms with E-state index in [0.717, 1.165) is 28.0 Å². The van der Waals surface area contributed by atoms with Crippen molar-refractivity contribution in [2.24, 2.45) is 11.7 Å². The molecule has 0 aliphatic carbocycles. The summed E-state index contributed by atoms with van der Waals surface area (Å²) in [5.74, 6) is 0.130. The van der Waals surface area contributed by atoms with Gasteiger partial charge in [0, 0.05) is 36.4 Å². The number of nitrogens with two attached hydrogens (primary N) is 1. The number of aryl methyl sites for hydroxylation is 1. The highest BCUT2D eigenvalue weighted by Crippen LogP contribution is 2.29. The van der Waals surface area contributed by atoms with Crippen LogP contribution in [0.25, 0.3) is 16.9 Å². The Morgan fingerprint density at radius 3 is 2.51 bits per heavy atom. The zero-order valence-electron chi connectivity index (χ0n) is 21.4. The molecule has 1 unspecified atom stereocenters. The first kappa shape index (κ1) is 26.4. The molecule has 192 valence electrons. The summed E-state index contributed by atoms with van der Waals surface area (Å²) in [5.41, 5.74) is 11.0. The van der Waals surface area contributed by atoms with Crippen LogP contribution in [0, 0.1) is 12.8 Å². The zero-order valence-corrected chi connectivity index (χ0v) is 22.2. The van der Waals surface area contributed by atoms with E-state index in [9.17, 15) is 9.59 Å². The highest BCUT2D eigenvalue weighted by atomic mass is 35.5. The number of fused-ring (bicyclic) bond motifs is 1. The van der Waals surface area contributed by atoms with Gasteiger partial charge in [-0.25, -0.2) is 4.98 Å². The van der Waals surface area contributed by atoms with Crippen LogP contribution in [0.3, 0.4) is 0 Å². The Morgan fingerprint density at radius 1 is 1.11 bits per heavy atom. The van der Waals surface area contributed by atoms with Crippen molar-refractivity contribution in [3.8, 4) is 17.0 Å². The van der Waals surface area contributed by atoms with Gasteiger partial charge in [-0.2, -0.15) is 0 Å². The van der Waals surface area contributed by atoms with Gasteiger partial charge in [-0.3, -0.25) is 9.59 Å². The van der Waals surface area contributed by atoms with E-state index >= 15 is 0 Å². The second-order valence-corrected chi connectivity index (χ2v) is 10.2. The fraction of sp³-hybridized carbons (Fsp3) is 0.300. The highest BCUT2D eigenvalue weighted by Gasteiger charge is 2.19. The van der Waals surface area contributed by atoms with Crippen LogP contribution in [-0.4, -0.2) is 27.2 Å². The third kappa shape index (κ3) is 6.77. The number of nitrogens with zero attached hydrogens (tertiary/aromatic N) is 2. The molecule has 1 atom stereocenters. The number of ketones is 1. The van der Waals surface area contributed by atoms with Crippen molar-refractivity contribution in [2.45, 2.75) is 52.6 Å². The first-order valence-electron chi connectivity index (χ1n) is 12.5. The van der Waals surface area contributed by atoms with Crippen molar-refractivity contribution in [1.29, 1.82) is 0 Å². The number of rotatable bonds is 11. The number of amides is 1. The van der Waals surface area contributed by atoms with Crippen LogP contribution in [0.1, 0.15) is 54.6 Å². The van der Waals surface area contributed by atoms with Gasteiger partial charge in [0.05, 0.1) is 16.8 Å². The van der Waals surface area contributed by atoms with E-state index in [1.54, 1.807) is 18.2 Å². The summed E-state index contributed by atoms with van der Waals surface area (Å²) in [7, 11) is 0. The molecule has 2 heterocycles. The fourth-order valence-corrected chi connectivity index (χ4v) is 4.69. The molecule has 0 fully saturated rings. The highest BCUT2D eigenvalue weighted by molar-refractivity contribution is 6.32. The van der Waals surface area contributed by atoms with E-state index in [1.807, 2.05) is 61.8 Å². The first-order valence-corrected chi connectivity index (χ1v) is 12.9. The van der Waals surface area contributed by atoms with Gasteiger partial charge in [-0.1, -0.05) is 41.9 Å². The molecule has 0 spiro atoms. The average Bonchev–Trinajstić information content (AvgIpc) is 3.30. The Hall–Kier alpha value is -3.64. The van der Waals surface area contributed by atoms with Gasteiger partial charge in [0.25, 0.3) is 0 Å². The molecule has 7 heteroatoms. The molecular formula is C30H32ClN3O3. The summed E-state index contributed by atoms with van der Waals surface area (Å²) in [6.45, 7) is 5.89. The summed E-state index contributed by atoms with van der Waals surface area (Å²) in [6.07, 6.45) is 5.73. The molecule has 6 nitrogen and oxygen atoms in total. The molecular weight excluding hydrogens is 486 g/mol. The largest absolute Gasteiger partial charge is 0.489 e. The maximum absolute atomic E-state index is 13.1. The smallest absolute Gasteiger partial charge is 0.217 e. The second kappa shape index (κ2) is 11.6. The summed E-state index contributed by atoms with van der Waals surface area (Å²) >= 11 is 6.34. The van der Waals surface area contributed by atoms with Gasteiger partial charge >= 0.3 is 0 Å². The molecule has 0 radical (unpaired) electrons. The molecule has 4 rings (SSSR count). The van der Waals surface area contributed by atoms with Crippen LogP contribution in [0.15, 0.2) is 67.0 Å². The predicted molar refractivity (Wildman–Crippen MR) is 147 cm³/mol. The Bertz CT molecular complexity index is 1410. The van der Waals surface area contributed by atoms with Crippen LogP contribution in [-0.2, 0) is 11.2 Å². The lowest BCUT2D eigenvalue weighted by atomic mass is 9.88. The fourth-order valence-electron chi connectivity index (χ4n) is 4.46. The quantitative estimate of drug-likeness (QED) is 0.232. The van der Waals surface area contributed by atoms with Crippen LogP contribution in [0.4, 0.5) is 0 Å². The standard InChI is InChI=1S/C30H32ClN3O3/c1-19(2)37-28-12-11-24(17-25(28)31)27(35)16-22(8-13-29(32)36)15-21-6-9-23(10-7-21)26-18-34-14-4-5-20(3)30(34)33-26/h4-7,9-12,14,17-19,22H,8,13,15-16H2,1-3H3,(H2,32,36). The summed E-state index contributed by atoms with van der Waals surface area (Å²) in [6, 6.07) is 17.4. The number of benzene rings is 2. The third-order valence-corrected chi connectivity index (χ3v) is 6.64. The molecule has 0 aliphatic heterocycles. The van der Waals surface area contributed by atoms with Gasteiger partial charge in [0.1, 0.15) is 11.4 Å². The van der Waals surface area contributed by atoms with Crippen molar-refractivity contribution < 1.29 is 14.3 Å². The Balaban J connectivity index is 1.48. The number of primary amides is 1. The Morgan fingerprint density at radius 2 is 1.86 bits per heavy atom. The number of pyridine rings is 1. The topological polar surface area (TPSA) is 86.7 Å². The number of carbonyl (C=O) groups is 2. The minimum atomic E-state index is -0.367. The Labute approximate surface area is 222 Å². The van der Waals surface area contributed by atoms with Crippen molar-refractivity contribution in [1.82, 2.24) is 9.38 Å². The lowest BCUT2D eigenvalue weighted by Crippen LogP contribution is -2.17. The van der Waals surface area contributed by atoms with E-state index < -0.39 is 0 Å². The van der Waals surface area contributed by atoms with E-state index in [1.165, 1.54) is 0 Å². The molecule has 2 aromatic carbocycles. The number of ether oxygens (including phenoxy) is 1. The average molecular weight is 518 g/mol. The summed E-state index contributed by atoms with van der Waals surface area (Å²) in [4.78, 5) is 29.4. The Kier molecular flexibility index (Phi) is 8.29. The van der Waals surface area contributed by atoms with E-state index in [4.69, 9.17) is 27.1 Å². The number of imidazole rings is 1. The zero-order chi connectivity index (χ0) is 26.5. The number of hydrogen-bond acceptors (Lipinski definition) is 4. The lowest BCUT2D eigenvalue weighted by Gasteiger charge is -2.17. The minimum Gasteiger partial charge on any atom is -0.489 e. The maximum atomic E-state index is 13.1. The predicted octanol–water partition coefficient (Wildman–Crippen LogP) is 6.45. The van der Waals surface area contributed by atoms with Gasteiger partial charge < -0.3 is 14.9 Å². The van der Waals surface area contributed by atoms with Crippen molar-refractivity contribution >= 4 is 28.9 Å². The normalized spacial score (nSPS) is 12.1. The van der Waals surface area contributed by atoms with Gasteiger partial charge in [-0.15, -0.1) is 0 Å². The van der Waals surface area contributed by atoms with Crippen LogP contribution in [0.2, 0.25) is 5.02 Å². The van der Waals surface area contributed by atoms with Gasteiger partial charge in [-0.05, 0) is 74.9 Å². The first-order chi connectivity index (χ1) is 17.7. The van der Waals surface area contributed by atoms with E-state index in [2.05, 4.69) is 12.1 Å². The van der Waals surface area contributed by atoms with Crippen LogP contribution in [0.5, 0.6) is 5.75 Å². The molecule has 0 bridgehead atoms. The SMILES string of the molecule is Cc1cccn2cc(-c3ccc(CC(CCC(N)=O)CC(=O)c4ccc(OC(C)C)c(Cl)c4)cc3)nc12. The van der Waals surface area contributed by atoms with Crippen molar-refractivity contribution in [2.75, 3.05) is 0 Å². The number of hydrogen-bond donors (Lipinski definition) is 1. The molecule has 0 aliphatic rings. The molecule has 0 saturated heterocycles. The van der Waals surface area contributed by atoms with Crippen LogP contribution < -0.4 is 10.5 Å². The lowest BCUT2D eigenvalue weighted by molar-refractivity contribution is -0.118. The maximum Gasteiger partial charge on any atom is 0.217 e. The monoisotopic (exact) mass is 517 g/mol. The molecule has 2 aromatic heterocycles. The van der Waals surface area contributed by atoms with Gasteiger partial charge in [0.2, 0.25) is 5.91 Å². The van der Waals surface area contributed by atoms with E-state index in [-0.39, 0.29) is 30.1 Å².